The molecule has 7 N–H and O–H groups in total. The maximum Gasteiger partial charge on any atom is 0.281 e. The van der Waals surface area contributed by atoms with Gasteiger partial charge in [-0.05, 0) is 0 Å². The number of carbonyl (C=O) groups excluding carboxylic acids is 2. The molecule has 0 aromatic heterocycles. The Labute approximate surface area is 149 Å². The first-order chi connectivity index (χ1) is 11.4. The van der Waals surface area contributed by atoms with Crippen molar-refractivity contribution >= 4 is 22.2 Å². The van der Waals surface area contributed by atoms with Gasteiger partial charge in [-0.25, -0.2) is 0 Å². The van der Waals surface area contributed by atoms with Gasteiger partial charge in [0.1, 0.15) is 0 Å². The first-order valence-corrected chi connectivity index (χ1v) is 8.94. The minimum absolute atomic E-state index is 0.406. The molecule has 0 spiro atoms. The number of aliphatic hydroxyl groups is 4. The molecule has 0 heterocycles. The van der Waals surface area contributed by atoms with E-state index in [0.717, 1.165) is 15.0 Å². The summed E-state index contributed by atoms with van der Waals surface area (Å²) in [6, 6.07) is 0. The molecule has 0 amide bonds. The minimum Gasteiger partial charge on any atom is -0.281 e. The quantitative estimate of drug-likeness (QED) is 0.206. The van der Waals surface area contributed by atoms with Crippen LogP contribution in [-0.2, 0) is 24.5 Å². The van der Waals surface area contributed by atoms with Crippen LogP contribution in [0.4, 0.5) is 0 Å². The zero-order chi connectivity index (χ0) is 20.0. The summed E-state index contributed by atoms with van der Waals surface area (Å²) in [4.78, 5) is 36.7. The first kappa shape index (κ1) is 31.3. The summed E-state index contributed by atoms with van der Waals surface area (Å²) in [5.74, 6) is 2.22. The molecular formula is C13H23MnO9P. The van der Waals surface area contributed by atoms with Crippen molar-refractivity contribution in [2.75, 3.05) is 26.4 Å². The Balaban J connectivity index is -0.000000119. The Morgan fingerprint density at radius 2 is 1.33 bits per heavy atom. The molecule has 0 atom stereocenters. The number of aliphatic hydroxyl groups excluding tert-OH is 4. The van der Waals surface area contributed by atoms with Crippen LogP contribution < -0.4 is 0 Å². The Morgan fingerprint density at radius 1 is 1.00 bits per heavy atom. The zero-order valence-corrected chi connectivity index (χ0v) is 15.1. The van der Waals surface area contributed by atoms with Crippen molar-refractivity contribution in [1.82, 2.24) is 0 Å². The van der Waals surface area contributed by atoms with E-state index in [1.165, 1.54) is 6.42 Å². The summed E-state index contributed by atoms with van der Waals surface area (Å²) >= 11 is 0.984. The smallest absolute Gasteiger partial charge is 0.281 e. The largest absolute Gasteiger partial charge is 0.281 e. The normalized spacial score (nSPS) is 11.5. The van der Waals surface area contributed by atoms with Gasteiger partial charge in [0.2, 0.25) is 0 Å². The van der Waals surface area contributed by atoms with Crippen molar-refractivity contribution in [3.8, 4) is 0 Å². The molecule has 0 aromatic rings. The van der Waals surface area contributed by atoms with Crippen LogP contribution in [0.1, 0.15) is 6.42 Å². The summed E-state index contributed by atoms with van der Waals surface area (Å²) in [5.41, 5.74) is -1.11. The third-order valence-corrected chi connectivity index (χ3v) is 3.51. The summed E-state index contributed by atoms with van der Waals surface area (Å²) in [7, 11) is -2.62. The SMILES string of the molecule is OCC(CO)(CO)CO.OP(O)O.[CH3][Mn][C]1=CC=CC1.[C]=O.[C]=O. The molecule has 1 aliphatic carbocycles. The molecule has 11 heteroatoms. The van der Waals surface area contributed by atoms with Gasteiger partial charge in [-0.15, -0.1) is 0 Å². The summed E-state index contributed by atoms with van der Waals surface area (Å²) in [5, 5.41) is 34.0. The average Bonchev–Trinajstić information content (AvgIpc) is 3.15. The van der Waals surface area contributed by atoms with Crippen LogP contribution in [0.3, 0.4) is 0 Å². The Hall–Kier alpha value is -0.511. The Morgan fingerprint density at radius 3 is 1.42 bits per heavy atom. The molecule has 4 radical (unpaired) electrons. The third-order valence-electron chi connectivity index (χ3n) is 2.31. The van der Waals surface area contributed by atoms with Crippen LogP contribution in [0.25, 0.3) is 0 Å². The molecule has 141 valence electrons. The van der Waals surface area contributed by atoms with E-state index in [-0.39, 0.29) is 0 Å². The fraction of sp³-hybridized carbons (Fsp3) is 0.538. The van der Waals surface area contributed by atoms with E-state index in [0.29, 0.717) is 0 Å². The predicted octanol–water partition coefficient (Wildman–Crippen LogP) is -1.70. The van der Waals surface area contributed by atoms with E-state index in [1.54, 1.807) is 4.47 Å². The number of hydrogen-bond donors (Lipinski definition) is 7. The van der Waals surface area contributed by atoms with Crippen LogP contribution in [0.5, 0.6) is 0 Å². The molecule has 0 fully saturated rings. The molecule has 1 aliphatic rings. The van der Waals surface area contributed by atoms with E-state index in [9.17, 15) is 0 Å². The van der Waals surface area contributed by atoms with Crippen molar-refractivity contribution < 1.29 is 59.7 Å². The van der Waals surface area contributed by atoms with Gasteiger partial charge < -0.3 is 35.1 Å². The van der Waals surface area contributed by atoms with Crippen LogP contribution >= 0.6 is 8.60 Å². The monoisotopic (exact) mass is 409 g/mol. The zero-order valence-electron chi connectivity index (χ0n) is 13.0. The number of allylic oxidation sites excluding steroid dienone is 4. The van der Waals surface area contributed by atoms with Crippen LogP contribution in [0.2, 0.25) is 5.82 Å². The predicted molar refractivity (Wildman–Crippen MR) is 83.4 cm³/mol. The molecule has 0 saturated heterocycles. The van der Waals surface area contributed by atoms with Gasteiger partial charge in [-0.2, -0.15) is 0 Å². The van der Waals surface area contributed by atoms with E-state index in [2.05, 4.69) is 37.6 Å². The second-order valence-corrected chi connectivity index (χ2v) is 5.72. The average molecular weight is 409 g/mol. The Kier molecular flexibility index (Phi) is 32.2. The van der Waals surface area contributed by atoms with E-state index in [1.807, 2.05) is 0 Å². The van der Waals surface area contributed by atoms with Crippen molar-refractivity contribution in [3.05, 3.63) is 22.7 Å². The molecule has 0 unspecified atom stereocenters. The van der Waals surface area contributed by atoms with E-state index < -0.39 is 40.4 Å². The van der Waals surface area contributed by atoms with Crippen LogP contribution in [-0.4, -0.2) is 75.1 Å². The third kappa shape index (κ3) is 21.5. The molecule has 0 saturated carbocycles. The van der Waals surface area contributed by atoms with Gasteiger partial charge >= 0.3 is 58.5 Å². The van der Waals surface area contributed by atoms with Gasteiger partial charge in [0.05, 0.1) is 31.8 Å². The molecule has 0 aliphatic heterocycles. The second kappa shape index (κ2) is 24.7. The molecule has 24 heavy (non-hydrogen) atoms. The van der Waals surface area contributed by atoms with E-state index >= 15 is 0 Å². The van der Waals surface area contributed by atoms with Gasteiger partial charge in [0, 0.05) is 0 Å². The van der Waals surface area contributed by atoms with Crippen molar-refractivity contribution in [2.24, 2.45) is 5.41 Å². The van der Waals surface area contributed by atoms with Crippen molar-refractivity contribution in [3.63, 3.8) is 0 Å². The maximum absolute atomic E-state index is 8.50. The summed E-state index contributed by atoms with van der Waals surface area (Å²) in [6.45, 7) is 7.38. The molecule has 0 bridgehead atoms. The van der Waals surface area contributed by atoms with Gasteiger partial charge in [0.25, 0.3) is 13.6 Å². The molecule has 1 rings (SSSR count). The second-order valence-electron chi connectivity index (χ2n) is 3.84. The van der Waals surface area contributed by atoms with Crippen molar-refractivity contribution in [2.45, 2.75) is 12.2 Å². The van der Waals surface area contributed by atoms with Gasteiger partial charge in [0.15, 0.2) is 0 Å². The number of hydrogen-bond acceptors (Lipinski definition) is 9. The maximum atomic E-state index is 8.50. The summed E-state index contributed by atoms with van der Waals surface area (Å²) < 4.78 is 1.59. The Bertz CT molecular complexity index is 288. The topological polar surface area (TPSA) is 176 Å². The standard InChI is InChI=1S/C5H12O4.C5H5.2CO.CH3.Mn.H3O3P/c6-1-5(2-7,3-8)4-9;1-2-4-5-3-1;2*1-2;;;1-4(2)3/h6-9H,1-4H2;1-3H,4H2;;;1H3;;1-3H. The fourth-order valence-electron chi connectivity index (χ4n) is 0.861. The fourth-order valence-corrected chi connectivity index (χ4v) is 1.55. The number of rotatable bonds is 5. The summed E-state index contributed by atoms with van der Waals surface area (Å²) in [6.07, 6.45) is 7.75. The minimum atomic E-state index is -2.62. The first-order valence-electron chi connectivity index (χ1n) is 5.97. The van der Waals surface area contributed by atoms with Gasteiger partial charge in [-0.1, -0.05) is 0 Å². The van der Waals surface area contributed by atoms with E-state index in [4.69, 9.17) is 44.7 Å². The molecule has 0 aromatic carbocycles. The molecular weight excluding hydrogens is 386 g/mol. The van der Waals surface area contributed by atoms with Crippen molar-refractivity contribution in [1.29, 1.82) is 0 Å². The van der Waals surface area contributed by atoms with Crippen LogP contribution in [0, 0.1) is 5.41 Å². The van der Waals surface area contributed by atoms with Gasteiger partial charge in [-0.3, -0.25) is 9.59 Å². The van der Waals surface area contributed by atoms with Crippen LogP contribution in [0.15, 0.2) is 22.7 Å². The molecule has 9 nitrogen and oxygen atoms in total.